The number of unbranched alkanes of at least 4 members (excludes halogenated alkanes) is 4. The minimum Gasteiger partial charge on any atom is -0.490 e. The Morgan fingerprint density at radius 2 is 1.50 bits per heavy atom. The Balaban J connectivity index is 1.49. The first-order valence-corrected chi connectivity index (χ1v) is 14.4. The average Bonchev–Trinajstić information content (AvgIpc) is 2.90. The van der Waals surface area contributed by atoms with Gasteiger partial charge in [0.05, 0.1) is 24.6 Å². The molecule has 1 saturated carbocycles. The third kappa shape index (κ3) is 8.81. The zero-order valence-electron chi connectivity index (χ0n) is 22.7. The molecule has 1 aliphatic carbocycles. The number of nitrogens with zero attached hydrogens (tertiary/aromatic N) is 2. The molecule has 3 rings (SSSR count). The van der Waals surface area contributed by atoms with Gasteiger partial charge in [-0.3, -0.25) is 0 Å². The van der Waals surface area contributed by atoms with Crippen LogP contribution in [0.3, 0.4) is 0 Å². The molecule has 0 saturated heterocycles. The van der Waals surface area contributed by atoms with E-state index in [4.69, 9.17) is 4.74 Å². The van der Waals surface area contributed by atoms with Gasteiger partial charge >= 0.3 is 0 Å². The number of hydrogen-bond donors (Lipinski definition) is 0. The fourth-order valence-corrected chi connectivity index (χ4v) is 5.40. The zero-order chi connectivity index (χ0) is 25.8. The maximum Gasteiger partial charge on any atom is 0.170 e. The fourth-order valence-electron chi connectivity index (χ4n) is 5.40. The Morgan fingerprint density at radius 1 is 0.861 bits per heavy atom. The third-order valence-electron chi connectivity index (χ3n) is 7.87. The Morgan fingerprint density at radius 3 is 2.17 bits per heavy atom. The number of halogens is 2. The van der Waals surface area contributed by atoms with Gasteiger partial charge in [0.25, 0.3) is 0 Å². The molecule has 2 aromatic rings. The van der Waals surface area contributed by atoms with Crippen LogP contribution in [0.1, 0.15) is 110 Å². The molecule has 36 heavy (non-hydrogen) atoms. The lowest BCUT2D eigenvalue weighted by Gasteiger charge is -2.28. The van der Waals surface area contributed by atoms with Crippen LogP contribution in [0.15, 0.2) is 24.5 Å². The molecule has 1 aromatic heterocycles. The van der Waals surface area contributed by atoms with Crippen molar-refractivity contribution >= 4 is 0 Å². The van der Waals surface area contributed by atoms with E-state index in [1.54, 1.807) is 24.5 Å². The highest BCUT2D eigenvalue weighted by Crippen LogP contribution is 2.35. The van der Waals surface area contributed by atoms with Crippen LogP contribution in [0.2, 0.25) is 0 Å². The normalized spacial score (nSPS) is 18.8. The molecular weight excluding hydrogens is 454 g/mol. The summed E-state index contributed by atoms with van der Waals surface area (Å²) in [5, 5.41) is 0. The van der Waals surface area contributed by atoms with Gasteiger partial charge in [0, 0.05) is 0 Å². The molecule has 0 aliphatic heterocycles. The number of aryl methyl sites for hydroxylation is 1. The van der Waals surface area contributed by atoms with Crippen LogP contribution in [0.4, 0.5) is 8.78 Å². The van der Waals surface area contributed by atoms with Crippen LogP contribution in [-0.4, -0.2) is 16.6 Å². The molecule has 0 spiro atoms. The van der Waals surface area contributed by atoms with Crippen molar-refractivity contribution < 1.29 is 13.5 Å². The molecule has 0 unspecified atom stereocenters. The molecular formula is C31H46F2N2O. The molecule has 0 radical (unpaired) electrons. The van der Waals surface area contributed by atoms with E-state index in [0.717, 1.165) is 18.8 Å². The summed E-state index contributed by atoms with van der Waals surface area (Å²) in [5.41, 5.74) is 0.557. The standard InChI is InChI=1S/C31H46F2N2O/c1-4-6-8-10-23(3)22-36-27-20-34-31(35-21-27)28-19-18-26(29(32)30(28)33)17-16-25-14-12-24(13-15-25)11-9-7-5-2/h18-21,23-25H,4-17,22H2,1-3H3/t23-,24?,25?/m0/s1. The molecule has 0 bridgehead atoms. The summed E-state index contributed by atoms with van der Waals surface area (Å²) in [6, 6.07) is 3.32. The summed E-state index contributed by atoms with van der Waals surface area (Å²) >= 11 is 0. The molecule has 1 atom stereocenters. The van der Waals surface area contributed by atoms with E-state index in [1.807, 2.05) is 0 Å². The van der Waals surface area contributed by atoms with E-state index in [1.165, 1.54) is 70.6 Å². The van der Waals surface area contributed by atoms with Gasteiger partial charge in [0.15, 0.2) is 23.2 Å². The summed E-state index contributed by atoms with van der Waals surface area (Å²) < 4.78 is 35.6. The van der Waals surface area contributed by atoms with Crippen molar-refractivity contribution in [3.8, 4) is 17.1 Å². The van der Waals surface area contributed by atoms with Crippen molar-refractivity contribution in [3.05, 3.63) is 41.7 Å². The maximum atomic E-state index is 14.9. The number of rotatable bonds is 15. The van der Waals surface area contributed by atoms with Gasteiger partial charge in [0.1, 0.15) is 0 Å². The van der Waals surface area contributed by atoms with Crippen molar-refractivity contribution in [1.29, 1.82) is 0 Å². The van der Waals surface area contributed by atoms with Gasteiger partial charge in [-0.25, -0.2) is 18.7 Å². The smallest absolute Gasteiger partial charge is 0.170 e. The van der Waals surface area contributed by atoms with E-state index >= 15 is 0 Å². The lowest BCUT2D eigenvalue weighted by atomic mass is 9.77. The summed E-state index contributed by atoms with van der Waals surface area (Å²) in [6.45, 7) is 7.22. The highest BCUT2D eigenvalue weighted by Gasteiger charge is 2.22. The quantitative estimate of drug-likeness (QED) is 0.228. The van der Waals surface area contributed by atoms with Crippen LogP contribution < -0.4 is 4.74 Å². The predicted octanol–water partition coefficient (Wildman–Crippen LogP) is 9.34. The van der Waals surface area contributed by atoms with Crippen molar-refractivity contribution in [3.63, 3.8) is 0 Å². The second-order valence-electron chi connectivity index (χ2n) is 11.0. The number of benzene rings is 1. The predicted molar refractivity (Wildman–Crippen MR) is 144 cm³/mol. The molecule has 5 heteroatoms. The van der Waals surface area contributed by atoms with E-state index in [-0.39, 0.29) is 11.4 Å². The third-order valence-corrected chi connectivity index (χ3v) is 7.87. The number of hydrogen-bond acceptors (Lipinski definition) is 3. The first-order chi connectivity index (χ1) is 17.5. The van der Waals surface area contributed by atoms with Gasteiger partial charge in [-0.15, -0.1) is 0 Å². The van der Waals surface area contributed by atoms with Crippen LogP contribution in [0, 0.1) is 29.4 Å². The fraction of sp³-hybridized carbons (Fsp3) is 0.677. The van der Waals surface area contributed by atoms with Crippen molar-refractivity contribution in [2.45, 2.75) is 111 Å². The summed E-state index contributed by atoms with van der Waals surface area (Å²) in [6.07, 6.45) is 19.7. The van der Waals surface area contributed by atoms with Crippen molar-refractivity contribution in [2.75, 3.05) is 6.61 Å². The van der Waals surface area contributed by atoms with Gasteiger partial charge in [0.2, 0.25) is 0 Å². The minimum atomic E-state index is -0.856. The van der Waals surface area contributed by atoms with E-state index in [0.29, 0.717) is 36.2 Å². The van der Waals surface area contributed by atoms with Crippen molar-refractivity contribution in [1.82, 2.24) is 9.97 Å². The zero-order valence-corrected chi connectivity index (χ0v) is 22.7. The molecule has 0 N–H and O–H groups in total. The molecule has 1 fully saturated rings. The number of aromatic nitrogens is 2. The second-order valence-corrected chi connectivity index (χ2v) is 11.0. The molecule has 1 heterocycles. The minimum absolute atomic E-state index is 0.100. The Labute approximate surface area is 217 Å². The van der Waals surface area contributed by atoms with Crippen LogP contribution in [0.25, 0.3) is 11.4 Å². The average molecular weight is 501 g/mol. The van der Waals surface area contributed by atoms with Gasteiger partial charge in [-0.2, -0.15) is 0 Å². The van der Waals surface area contributed by atoms with Gasteiger partial charge < -0.3 is 4.74 Å². The summed E-state index contributed by atoms with van der Waals surface area (Å²) in [7, 11) is 0. The van der Waals surface area contributed by atoms with Crippen molar-refractivity contribution in [2.24, 2.45) is 17.8 Å². The van der Waals surface area contributed by atoms with E-state index < -0.39 is 11.6 Å². The van der Waals surface area contributed by atoms with E-state index in [9.17, 15) is 8.78 Å². The van der Waals surface area contributed by atoms with Crippen LogP contribution in [-0.2, 0) is 6.42 Å². The Hall–Kier alpha value is -2.04. The second kappa shape index (κ2) is 15.3. The Bertz CT molecular complexity index is 894. The van der Waals surface area contributed by atoms with Crippen LogP contribution in [0.5, 0.6) is 5.75 Å². The molecule has 3 nitrogen and oxygen atoms in total. The monoisotopic (exact) mass is 500 g/mol. The molecule has 1 aliphatic rings. The summed E-state index contributed by atoms with van der Waals surface area (Å²) in [5.74, 6) is 1.07. The largest absolute Gasteiger partial charge is 0.490 e. The highest BCUT2D eigenvalue weighted by molar-refractivity contribution is 5.57. The maximum absolute atomic E-state index is 14.9. The Kier molecular flexibility index (Phi) is 12.1. The topological polar surface area (TPSA) is 35.0 Å². The lowest BCUT2D eigenvalue weighted by Crippen LogP contribution is -2.15. The lowest BCUT2D eigenvalue weighted by molar-refractivity contribution is 0.247. The molecule has 0 amide bonds. The van der Waals surface area contributed by atoms with E-state index in [2.05, 4.69) is 30.7 Å². The first kappa shape index (κ1) is 28.5. The van der Waals surface area contributed by atoms with Crippen LogP contribution >= 0.6 is 0 Å². The SMILES string of the molecule is CCCCCC1CCC(CCc2ccc(-c3ncc(OC[C@@H](C)CCCCC)cn3)c(F)c2F)CC1. The highest BCUT2D eigenvalue weighted by atomic mass is 19.2. The first-order valence-electron chi connectivity index (χ1n) is 14.4. The van der Waals surface area contributed by atoms with Gasteiger partial charge in [-0.1, -0.05) is 97.5 Å². The summed E-state index contributed by atoms with van der Waals surface area (Å²) in [4.78, 5) is 8.49. The number of ether oxygens (including phenoxy) is 1. The van der Waals surface area contributed by atoms with Gasteiger partial charge in [-0.05, 0) is 48.6 Å². The molecule has 1 aromatic carbocycles. The molecule has 200 valence electrons.